The summed E-state index contributed by atoms with van der Waals surface area (Å²) in [5.74, 6) is 0.304. The number of hydrogen-bond donors (Lipinski definition) is 2. The number of nitrogens with two attached hydrogens (primary N) is 1. The van der Waals surface area contributed by atoms with Crippen molar-refractivity contribution in [2.75, 3.05) is 19.0 Å². The minimum absolute atomic E-state index is 0.0788. The molecule has 0 saturated carbocycles. The van der Waals surface area contributed by atoms with Gasteiger partial charge in [-0.05, 0) is 49.4 Å². The van der Waals surface area contributed by atoms with Gasteiger partial charge in [-0.2, -0.15) is 0 Å². The summed E-state index contributed by atoms with van der Waals surface area (Å²) in [6, 6.07) is 10.8. The van der Waals surface area contributed by atoms with Crippen LogP contribution in [-0.2, 0) is 10.0 Å². The molecule has 0 saturated heterocycles. The number of carbonyl (C=O) groups excluding carboxylic acids is 1. The van der Waals surface area contributed by atoms with Crippen LogP contribution in [0.2, 0.25) is 0 Å². The van der Waals surface area contributed by atoms with Gasteiger partial charge in [-0.15, -0.1) is 0 Å². The lowest BCUT2D eigenvalue weighted by atomic mass is 10.2. The predicted molar refractivity (Wildman–Crippen MR) is 89.9 cm³/mol. The van der Waals surface area contributed by atoms with Gasteiger partial charge in [-0.1, -0.05) is 0 Å². The van der Waals surface area contributed by atoms with Crippen LogP contribution in [0.25, 0.3) is 0 Å². The largest absolute Gasteiger partial charge is 0.495 e. The molecule has 0 atom stereocenters. The maximum absolute atomic E-state index is 12.3. The van der Waals surface area contributed by atoms with Gasteiger partial charge in [0.25, 0.3) is 5.91 Å². The molecular weight excluding hydrogens is 332 g/mol. The second-order valence-electron chi connectivity index (χ2n) is 4.82. The molecule has 1 amide bonds. The molecule has 0 bridgehead atoms. The number of methoxy groups -OCH3 is 1. The van der Waals surface area contributed by atoms with Crippen LogP contribution in [-0.4, -0.2) is 28.0 Å². The summed E-state index contributed by atoms with van der Waals surface area (Å²) < 4.78 is 33.5. The number of hydrogen-bond acceptors (Lipinski definition) is 5. The number of primary sulfonamides is 1. The Bertz CT molecular complexity index is 832. The van der Waals surface area contributed by atoms with Crippen LogP contribution in [0.1, 0.15) is 17.3 Å². The molecule has 0 heterocycles. The highest BCUT2D eigenvalue weighted by molar-refractivity contribution is 7.89. The molecule has 3 N–H and O–H groups in total. The molecule has 0 aliphatic carbocycles. The first kappa shape index (κ1) is 17.8. The molecular formula is C16H18N2O5S. The zero-order valence-electron chi connectivity index (χ0n) is 13.3. The van der Waals surface area contributed by atoms with Crippen molar-refractivity contribution in [2.45, 2.75) is 11.8 Å². The smallest absolute Gasteiger partial charge is 0.255 e. The number of benzene rings is 2. The molecule has 2 aromatic carbocycles. The van der Waals surface area contributed by atoms with Crippen LogP contribution in [0, 0.1) is 0 Å². The van der Waals surface area contributed by atoms with E-state index in [-0.39, 0.29) is 16.2 Å². The van der Waals surface area contributed by atoms with Crippen molar-refractivity contribution < 1.29 is 22.7 Å². The number of carbonyl (C=O) groups is 1. The van der Waals surface area contributed by atoms with E-state index in [9.17, 15) is 13.2 Å². The molecule has 0 aromatic heterocycles. The van der Waals surface area contributed by atoms with E-state index in [0.29, 0.717) is 18.0 Å². The fourth-order valence-corrected chi connectivity index (χ4v) is 2.77. The Morgan fingerprint density at radius 1 is 1.17 bits per heavy atom. The Hall–Kier alpha value is -2.58. The summed E-state index contributed by atoms with van der Waals surface area (Å²) in [5, 5.41) is 7.82. The topological polar surface area (TPSA) is 108 Å². The van der Waals surface area contributed by atoms with Gasteiger partial charge in [0.1, 0.15) is 16.4 Å². The first-order valence-electron chi connectivity index (χ1n) is 7.10. The van der Waals surface area contributed by atoms with Crippen molar-refractivity contribution in [1.82, 2.24) is 0 Å². The monoisotopic (exact) mass is 350 g/mol. The minimum Gasteiger partial charge on any atom is -0.495 e. The number of nitrogens with one attached hydrogen (secondary N) is 1. The Balaban J connectivity index is 2.23. The van der Waals surface area contributed by atoms with Crippen LogP contribution < -0.4 is 19.9 Å². The van der Waals surface area contributed by atoms with Crippen molar-refractivity contribution in [2.24, 2.45) is 5.14 Å². The number of amides is 1. The molecule has 0 radical (unpaired) electrons. The first-order valence-corrected chi connectivity index (χ1v) is 8.65. The zero-order valence-corrected chi connectivity index (χ0v) is 14.1. The molecule has 128 valence electrons. The standard InChI is InChI=1S/C16H18N2O5S/c1-3-23-13-7-5-12(6-8-13)18-16(19)11-4-9-14(22-2)15(10-11)24(17,20)21/h4-10H,3H2,1-2H3,(H,18,19)(H2,17,20,21). The van der Waals surface area contributed by atoms with E-state index in [2.05, 4.69) is 5.32 Å². The van der Waals surface area contributed by atoms with E-state index < -0.39 is 15.9 Å². The Morgan fingerprint density at radius 3 is 2.38 bits per heavy atom. The molecule has 0 spiro atoms. The highest BCUT2D eigenvalue weighted by Crippen LogP contribution is 2.24. The number of ether oxygens (including phenoxy) is 2. The van der Waals surface area contributed by atoms with E-state index in [1.54, 1.807) is 24.3 Å². The van der Waals surface area contributed by atoms with E-state index in [0.717, 1.165) is 0 Å². The summed E-state index contributed by atoms with van der Waals surface area (Å²) in [7, 11) is -2.68. The van der Waals surface area contributed by atoms with Crippen LogP contribution in [0.5, 0.6) is 11.5 Å². The van der Waals surface area contributed by atoms with Gasteiger partial charge in [0, 0.05) is 11.3 Å². The number of rotatable bonds is 6. The third kappa shape index (κ3) is 4.24. The molecule has 8 heteroatoms. The number of anilines is 1. The lowest BCUT2D eigenvalue weighted by Gasteiger charge is -2.10. The van der Waals surface area contributed by atoms with Crippen LogP contribution >= 0.6 is 0 Å². The van der Waals surface area contributed by atoms with Crippen molar-refractivity contribution in [3.63, 3.8) is 0 Å². The van der Waals surface area contributed by atoms with Gasteiger partial charge >= 0.3 is 0 Å². The van der Waals surface area contributed by atoms with Crippen LogP contribution in [0.3, 0.4) is 0 Å². The Kier molecular flexibility index (Phi) is 5.42. The third-order valence-corrected chi connectivity index (χ3v) is 4.09. The second-order valence-corrected chi connectivity index (χ2v) is 6.35. The van der Waals surface area contributed by atoms with E-state index in [1.807, 2.05) is 6.92 Å². The number of sulfonamides is 1. The predicted octanol–water partition coefficient (Wildman–Crippen LogP) is 1.99. The molecule has 0 aliphatic rings. The summed E-state index contributed by atoms with van der Waals surface area (Å²) in [6.45, 7) is 2.43. The lowest BCUT2D eigenvalue weighted by molar-refractivity contribution is 0.102. The first-order chi connectivity index (χ1) is 11.3. The van der Waals surface area contributed by atoms with Crippen molar-refractivity contribution in [1.29, 1.82) is 0 Å². The Morgan fingerprint density at radius 2 is 1.83 bits per heavy atom. The van der Waals surface area contributed by atoms with Crippen LogP contribution in [0.4, 0.5) is 5.69 Å². The summed E-state index contributed by atoms with van der Waals surface area (Å²) in [6.07, 6.45) is 0. The van der Waals surface area contributed by atoms with Crippen molar-refractivity contribution >= 4 is 21.6 Å². The lowest BCUT2D eigenvalue weighted by Crippen LogP contribution is -2.16. The van der Waals surface area contributed by atoms with Gasteiger partial charge in [-0.25, -0.2) is 13.6 Å². The van der Waals surface area contributed by atoms with E-state index >= 15 is 0 Å². The average molecular weight is 350 g/mol. The van der Waals surface area contributed by atoms with Gasteiger partial charge in [0.15, 0.2) is 0 Å². The summed E-state index contributed by atoms with van der Waals surface area (Å²) in [5.41, 5.74) is 0.699. The molecule has 2 aromatic rings. The fraction of sp³-hybridized carbons (Fsp3) is 0.188. The average Bonchev–Trinajstić information content (AvgIpc) is 2.55. The van der Waals surface area contributed by atoms with Crippen LogP contribution in [0.15, 0.2) is 47.4 Å². The van der Waals surface area contributed by atoms with E-state index in [1.165, 1.54) is 25.3 Å². The normalized spacial score (nSPS) is 11.0. The van der Waals surface area contributed by atoms with Crippen molar-refractivity contribution in [3.8, 4) is 11.5 Å². The van der Waals surface area contributed by atoms with Gasteiger partial charge in [-0.3, -0.25) is 4.79 Å². The fourth-order valence-electron chi connectivity index (χ4n) is 2.04. The minimum atomic E-state index is -4.01. The molecule has 0 unspecified atom stereocenters. The summed E-state index contributed by atoms with van der Waals surface area (Å²) >= 11 is 0. The maximum atomic E-state index is 12.3. The van der Waals surface area contributed by atoms with E-state index in [4.69, 9.17) is 14.6 Å². The zero-order chi connectivity index (χ0) is 17.7. The molecule has 2 rings (SSSR count). The third-order valence-electron chi connectivity index (χ3n) is 3.16. The Labute approximate surface area is 140 Å². The summed E-state index contributed by atoms with van der Waals surface area (Å²) in [4.78, 5) is 12.0. The molecule has 0 fully saturated rings. The highest BCUT2D eigenvalue weighted by Gasteiger charge is 2.18. The maximum Gasteiger partial charge on any atom is 0.255 e. The molecule has 0 aliphatic heterocycles. The SMILES string of the molecule is CCOc1ccc(NC(=O)c2ccc(OC)c(S(N)(=O)=O)c2)cc1. The van der Waals surface area contributed by atoms with Crippen molar-refractivity contribution in [3.05, 3.63) is 48.0 Å². The quantitative estimate of drug-likeness (QED) is 0.828. The van der Waals surface area contributed by atoms with Gasteiger partial charge in [0.2, 0.25) is 10.0 Å². The molecule has 7 nitrogen and oxygen atoms in total. The molecule has 24 heavy (non-hydrogen) atoms. The van der Waals surface area contributed by atoms with Gasteiger partial charge < -0.3 is 14.8 Å². The van der Waals surface area contributed by atoms with Gasteiger partial charge in [0.05, 0.1) is 13.7 Å². The highest BCUT2D eigenvalue weighted by atomic mass is 32.2. The second kappa shape index (κ2) is 7.33.